The molecule has 2 heterocycles. The summed E-state index contributed by atoms with van der Waals surface area (Å²) in [6.07, 6.45) is 3.21. The number of amides is 1. The van der Waals surface area contributed by atoms with Crippen LogP contribution < -0.4 is 0 Å². The third kappa shape index (κ3) is 1.46. The van der Waals surface area contributed by atoms with Gasteiger partial charge in [-0.3, -0.25) is 4.79 Å². The fraction of sp³-hybridized carbons (Fsp3) is 0.222. The average Bonchev–Trinajstić information content (AvgIpc) is 2.59. The number of carbonyl (C=O) groups excluding carboxylic acids is 1. The van der Waals surface area contributed by atoms with Crippen molar-refractivity contribution >= 4 is 27.5 Å². The standard InChI is InChI=1S/C9H9N3OS/c1-12(2)9(13)7-3-6-8(14-7)4-10-5-11-6/h3-5H,1-2H3. The van der Waals surface area contributed by atoms with Gasteiger partial charge in [0.05, 0.1) is 15.1 Å². The molecule has 0 aromatic carbocycles. The number of nitrogens with zero attached hydrogens (tertiary/aromatic N) is 3. The van der Waals surface area contributed by atoms with Gasteiger partial charge in [0, 0.05) is 20.3 Å². The Morgan fingerprint density at radius 2 is 2.29 bits per heavy atom. The molecule has 0 atom stereocenters. The maximum atomic E-state index is 11.6. The third-order valence-corrected chi connectivity index (χ3v) is 2.86. The van der Waals surface area contributed by atoms with Gasteiger partial charge in [-0.2, -0.15) is 0 Å². The predicted octanol–water partition coefficient (Wildman–Crippen LogP) is 1.39. The Balaban J connectivity index is 2.50. The van der Waals surface area contributed by atoms with Gasteiger partial charge in [0.15, 0.2) is 0 Å². The van der Waals surface area contributed by atoms with Crippen LogP contribution in [0.5, 0.6) is 0 Å². The van der Waals surface area contributed by atoms with Gasteiger partial charge in [0.2, 0.25) is 0 Å². The quantitative estimate of drug-likeness (QED) is 0.710. The van der Waals surface area contributed by atoms with E-state index in [4.69, 9.17) is 0 Å². The molecule has 0 saturated heterocycles. The minimum atomic E-state index is 0.00741. The van der Waals surface area contributed by atoms with Crippen LogP contribution >= 0.6 is 11.3 Å². The first kappa shape index (κ1) is 9.08. The lowest BCUT2D eigenvalue weighted by Crippen LogP contribution is -2.20. The van der Waals surface area contributed by atoms with Crippen LogP contribution in [0.3, 0.4) is 0 Å². The molecule has 72 valence electrons. The highest BCUT2D eigenvalue weighted by molar-refractivity contribution is 7.20. The van der Waals surface area contributed by atoms with E-state index < -0.39 is 0 Å². The molecule has 4 nitrogen and oxygen atoms in total. The SMILES string of the molecule is CN(C)C(=O)c1cc2ncncc2s1. The lowest BCUT2D eigenvalue weighted by atomic mass is 10.4. The van der Waals surface area contributed by atoms with Gasteiger partial charge in [-0.15, -0.1) is 11.3 Å². The summed E-state index contributed by atoms with van der Waals surface area (Å²) in [4.78, 5) is 21.8. The Bertz CT molecular complexity index is 445. The number of aromatic nitrogens is 2. The Morgan fingerprint density at radius 3 is 2.93 bits per heavy atom. The van der Waals surface area contributed by atoms with E-state index in [0.29, 0.717) is 4.88 Å². The number of hydrogen-bond donors (Lipinski definition) is 0. The lowest BCUT2D eigenvalue weighted by molar-refractivity contribution is 0.0832. The van der Waals surface area contributed by atoms with Crippen molar-refractivity contribution < 1.29 is 4.79 Å². The van der Waals surface area contributed by atoms with Gasteiger partial charge in [-0.05, 0) is 6.07 Å². The summed E-state index contributed by atoms with van der Waals surface area (Å²) in [7, 11) is 3.47. The van der Waals surface area contributed by atoms with E-state index in [1.165, 1.54) is 17.7 Å². The Morgan fingerprint density at radius 1 is 1.50 bits per heavy atom. The summed E-state index contributed by atoms with van der Waals surface area (Å²) in [5, 5.41) is 0. The zero-order valence-electron chi connectivity index (χ0n) is 7.89. The molecule has 0 N–H and O–H groups in total. The molecule has 5 heteroatoms. The van der Waals surface area contributed by atoms with Crippen LogP contribution in [0.15, 0.2) is 18.6 Å². The molecular formula is C9H9N3OS. The second-order valence-corrected chi connectivity index (χ2v) is 4.17. The van der Waals surface area contributed by atoms with Gasteiger partial charge >= 0.3 is 0 Å². The van der Waals surface area contributed by atoms with Crippen LogP contribution in [0.1, 0.15) is 9.67 Å². The fourth-order valence-corrected chi connectivity index (χ4v) is 2.12. The number of thiophene rings is 1. The highest BCUT2D eigenvalue weighted by Crippen LogP contribution is 2.23. The topological polar surface area (TPSA) is 46.1 Å². The van der Waals surface area contributed by atoms with Crippen molar-refractivity contribution in [3.8, 4) is 0 Å². The van der Waals surface area contributed by atoms with Gasteiger partial charge in [-0.25, -0.2) is 9.97 Å². The molecule has 0 aliphatic carbocycles. The Hall–Kier alpha value is -1.49. The summed E-state index contributed by atoms with van der Waals surface area (Å²) in [5.74, 6) is 0.00741. The molecule has 0 radical (unpaired) electrons. The number of carbonyl (C=O) groups is 1. The molecule has 0 bridgehead atoms. The molecule has 0 aliphatic rings. The molecule has 1 amide bonds. The van der Waals surface area contributed by atoms with E-state index in [9.17, 15) is 4.79 Å². The molecule has 14 heavy (non-hydrogen) atoms. The summed E-state index contributed by atoms with van der Waals surface area (Å²) in [6.45, 7) is 0. The Labute approximate surface area is 85.2 Å². The minimum absolute atomic E-state index is 0.00741. The van der Waals surface area contributed by atoms with Gasteiger partial charge < -0.3 is 4.90 Å². The third-order valence-electron chi connectivity index (χ3n) is 1.81. The largest absolute Gasteiger partial charge is 0.344 e. The monoisotopic (exact) mass is 207 g/mol. The number of rotatable bonds is 1. The van der Waals surface area contributed by atoms with E-state index in [0.717, 1.165) is 10.2 Å². The summed E-state index contributed by atoms with van der Waals surface area (Å²) < 4.78 is 0.942. The van der Waals surface area contributed by atoms with Gasteiger partial charge in [-0.1, -0.05) is 0 Å². The van der Waals surface area contributed by atoms with E-state index in [-0.39, 0.29) is 5.91 Å². The van der Waals surface area contributed by atoms with E-state index in [1.807, 2.05) is 0 Å². The molecule has 2 aromatic heterocycles. The molecule has 0 unspecified atom stereocenters. The lowest BCUT2D eigenvalue weighted by Gasteiger charge is -2.06. The van der Waals surface area contributed by atoms with Crippen molar-refractivity contribution in [3.63, 3.8) is 0 Å². The molecule has 0 saturated carbocycles. The molecule has 2 rings (SSSR count). The van der Waals surface area contributed by atoms with Crippen LogP contribution in [0, 0.1) is 0 Å². The zero-order chi connectivity index (χ0) is 10.1. The minimum Gasteiger partial charge on any atom is -0.344 e. The van der Waals surface area contributed by atoms with E-state index in [2.05, 4.69) is 9.97 Å². The molecule has 0 spiro atoms. The maximum Gasteiger partial charge on any atom is 0.263 e. The van der Waals surface area contributed by atoms with Crippen molar-refractivity contribution in [1.82, 2.24) is 14.9 Å². The molecular weight excluding hydrogens is 198 g/mol. The predicted molar refractivity (Wildman–Crippen MR) is 55.4 cm³/mol. The van der Waals surface area contributed by atoms with Gasteiger partial charge in [0.25, 0.3) is 5.91 Å². The maximum absolute atomic E-state index is 11.6. The summed E-state index contributed by atoms with van der Waals surface area (Å²) >= 11 is 1.42. The van der Waals surface area contributed by atoms with E-state index >= 15 is 0 Å². The number of hydrogen-bond acceptors (Lipinski definition) is 4. The normalized spacial score (nSPS) is 10.4. The van der Waals surface area contributed by atoms with Crippen LogP contribution in [0.25, 0.3) is 10.2 Å². The molecule has 0 aliphatic heterocycles. The van der Waals surface area contributed by atoms with E-state index in [1.54, 1.807) is 31.3 Å². The van der Waals surface area contributed by atoms with Crippen molar-refractivity contribution in [3.05, 3.63) is 23.5 Å². The van der Waals surface area contributed by atoms with Gasteiger partial charge in [0.1, 0.15) is 6.33 Å². The Kier molecular flexibility index (Phi) is 2.17. The second-order valence-electron chi connectivity index (χ2n) is 3.08. The molecule has 0 fully saturated rings. The average molecular weight is 207 g/mol. The first-order chi connectivity index (χ1) is 6.68. The van der Waals surface area contributed by atoms with Crippen LogP contribution in [0.4, 0.5) is 0 Å². The fourth-order valence-electron chi connectivity index (χ4n) is 1.11. The van der Waals surface area contributed by atoms with Crippen molar-refractivity contribution in [2.75, 3.05) is 14.1 Å². The van der Waals surface area contributed by atoms with Crippen LogP contribution in [0.2, 0.25) is 0 Å². The van der Waals surface area contributed by atoms with Crippen molar-refractivity contribution in [2.45, 2.75) is 0 Å². The van der Waals surface area contributed by atoms with Crippen LogP contribution in [-0.2, 0) is 0 Å². The first-order valence-electron chi connectivity index (χ1n) is 4.09. The smallest absolute Gasteiger partial charge is 0.263 e. The zero-order valence-corrected chi connectivity index (χ0v) is 8.71. The second kappa shape index (κ2) is 3.34. The highest BCUT2D eigenvalue weighted by atomic mass is 32.1. The number of fused-ring (bicyclic) bond motifs is 1. The summed E-state index contributed by atoms with van der Waals surface area (Å²) in [5.41, 5.74) is 0.829. The van der Waals surface area contributed by atoms with Crippen molar-refractivity contribution in [2.24, 2.45) is 0 Å². The summed E-state index contributed by atoms with van der Waals surface area (Å²) in [6, 6.07) is 1.80. The first-order valence-corrected chi connectivity index (χ1v) is 4.91. The molecule has 2 aromatic rings. The highest BCUT2D eigenvalue weighted by Gasteiger charge is 2.12. The van der Waals surface area contributed by atoms with Crippen molar-refractivity contribution in [1.29, 1.82) is 0 Å². The van der Waals surface area contributed by atoms with Crippen LogP contribution in [-0.4, -0.2) is 34.9 Å².